The van der Waals surface area contributed by atoms with Crippen molar-refractivity contribution in [2.75, 3.05) is 7.11 Å². The average Bonchev–Trinajstić information content (AvgIpc) is 3.13. The molecule has 0 saturated heterocycles. The predicted molar refractivity (Wildman–Crippen MR) is 109 cm³/mol. The lowest BCUT2D eigenvalue weighted by Gasteiger charge is -2.07. The molecule has 0 bridgehead atoms. The quantitative estimate of drug-likeness (QED) is 0.493. The zero-order valence-electron chi connectivity index (χ0n) is 15.9. The summed E-state index contributed by atoms with van der Waals surface area (Å²) >= 11 is 0. The smallest absolute Gasteiger partial charge is 0.164 e. The first kappa shape index (κ1) is 17.3. The molecule has 136 valence electrons. The van der Waals surface area contributed by atoms with Crippen molar-refractivity contribution in [1.82, 2.24) is 14.6 Å². The second-order valence-electron chi connectivity index (χ2n) is 6.50. The minimum absolute atomic E-state index is 0.841. The molecule has 0 radical (unpaired) electrons. The van der Waals surface area contributed by atoms with Gasteiger partial charge in [0.25, 0.3) is 0 Å². The number of fused-ring (bicyclic) bond motifs is 1. The van der Waals surface area contributed by atoms with Gasteiger partial charge in [-0.1, -0.05) is 56.3 Å². The Morgan fingerprint density at radius 3 is 2.26 bits per heavy atom. The normalized spacial score (nSPS) is 11.1. The van der Waals surface area contributed by atoms with Crippen LogP contribution in [0.2, 0.25) is 0 Å². The molecule has 4 rings (SSSR count). The molecule has 4 nitrogen and oxygen atoms in total. The molecule has 0 unspecified atom stereocenters. The van der Waals surface area contributed by atoms with Gasteiger partial charge in [0, 0.05) is 17.0 Å². The predicted octanol–water partition coefficient (Wildman–Crippen LogP) is 5.20. The molecule has 0 aliphatic rings. The van der Waals surface area contributed by atoms with Crippen molar-refractivity contribution in [3.63, 3.8) is 0 Å². The minimum Gasteiger partial charge on any atom is -0.497 e. The summed E-state index contributed by atoms with van der Waals surface area (Å²) in [5, 5.41) is 4.97. The Morgan fingerprint density at radius 1 is 0.889 bits per heavy atom. The molecule has 2 heterocycles. The molecule has 0 aliphatic carbocycles. The molecule has 0 aliphatic heterocycles. The van der Waals surface area contributed by atoms with Gasteiger partial charge in [-0.3, -0.25) is 0 Å². The van der Waals surface area contributed by atoms with Gasteiger partial charge in [0.2, 0.25) is 0 Å². The van der Waals surface area contributed by atoms with Gasteiger partial charge in [-0.05, 0) is 36.6 Å². The molecular weight excluding hydrogens is 334 g/mol. The van der Waals surface area contributed by atoms with Gasteiger partial charge in [0.1, 0.15) is 11.4 Å². The first-order valence-corrected chi connectivity index (χ1v) is 9.36. The third-order valence-electron chi connectivity index (χ3n) is 4.87. The summed E-state index contributed by atoms with van der Waals surface area (Å²) in [5.41, 5.74) is 7.38. The summed E-state index contributed by atoms with van der Waals surface area (Å²) < 4.78 is 7.33. The lowest BCUT2D eigenvalue weighted by Crippen LogP contribution is -2.02. The molecule has 27 heavy (non-hydrogen) atoms. The molecular formula is C23H23N3O. The van der Waals surface area contributed by atoms with Crippen molar-refractivity contribution in [2.45, 2.75) is 26.7 Å². The molecule has 0 atom stereocenters. The fourth-order valence-electron chi connectivity index (χ4n) is 3.39. The van der Waals surface area contributed by atoms with Gasteiger partial charge in [0.15, 0.2) is 5.65 Å². The average molecular weight is 357 g/mol. The molecule has 2 aromatic heterocycles. The van der Waals surface area contributed by atoms with E-state index in [1.807, 2.05) is 34.8 Å². The second-order valence-corrected chi connectivity index (χ2v) is 6.50. The van der Waals surface area contributed by atoms with E-state index < -0.39 is 0 Å². The van der Waals surface area contributed by atoms with Crippen molar-refractivity contribution >= 4 is 5.65 Å². The Kier molecular flexibility index (Phi) is 4.63. The molecule has 2 aromatic carbocycles. The fourth-order valence-corrected chi connectivity index (χ4v) is 3.39. The summed E-state index contributed by atoms with van der Waals surface area (Å²) in [4.78, 5) is 4.94. The van der Waals surface area contributed by atoms with Crippen LogP contribution < -0.4 is 4.74 Å². The molecule has 0 spiro atoms. The fraction of sp³-hybridized carbons (Fsp3) is 0.217. The number of hydrogen-bond acceptors (Lipinski definition) is 3. The summed E-state index contributed by atoms with van der Waals surface area (Å²) in [7, 11) is 1.68. The maximum Gasteiger partial charge on any atom is 0.164 e. The maximum absolute atomic E-state index is 5.33. The van der Waals surface area contributed by atoms with Crippen LogP contribution in [0, 0.1) is 0 Å². The Hall–Kier alpha value is -3.14. The SMILES string of the molecule is CCc1cc(CC)n2nc(-c3ccccc3)c(-c3ccc(OC)cc3)c2n1. The van der Waals surface area contributed by atoms with Crippen molar-refractivity contribution < 1.29 is 4.74 Å². The number of hydrogen-bond donors (Lipinski definition) is 0. The van der Waals surface area contributed by atoms with E-state index in [0.717, 1.165) is 52.3 Å². The van der Waals surface area contributed by atoms with E-state index in [1.54, 1.807) is 7.11 Å². The van der Waals surface area contributed by atoms with Crippen LogP contribution in [-0.4, -0.2) is 21.7 Å². The van der Waals surface area contributed by atoms with E-state index >= 15 is 0 Å². The van der Waals surface area contributed by atoms with E-state index in [2.05, 4.69) is 44.2 Å². The highest BCUT2D eigenvalue weighted by Gasteiger charge is 2.19. The van der Waals surface area contributed by atoms with Crippen LogP contribution >= 0.6 is 0 Å². The summed E-state index contributed by atoms with van der Waals surface area (Å²) in [6.07, 6.45) is 1.81. The van der Waals surface area contributed by atoms with Crippen molar-refractivity contribution in [1.29, 1.82) is 0 Å². The van der Waals surface area contributed by atoms with Gasteiger partial charge < -0.3 is 4.74 Å². The van der Waals surface area contributed by atoms with Gasteiger partial charge in [-0.2, -0.15) is 5.10 Å². The largest absolute Gasteiger partial charge is 0.497 e. The lowest BCUT2D eigenvalue weighted by molar-refractivity contribution is 0.415. The van der Waals surface area contributed by atoms with Gasteiger partial charge in [0.05, 0.1) is 12.7 Å². The molecule has 0 fully saturated rings. The monoisotopic (exact) mass is 357 g/mol. The highest BCUT2D eigenvalue weighted by Crippen LogP contribution is 2.35. The Morgan fingerprint density at radius 2 is 1.63 bits per heavy atom. The van der Waals surface area contributed by atoms with Crippen LogP contribution in [0.15, 0.2) is 60.7 Å². The summed E-state index contributed by atoms with van der Waals surface area (Å²) in [6, 6.07) is 20.6. The zero-order valence-corrected chi connectivity index (χ0v) is 15.9. The third-order valence-corrected chi connectivity index (χ3v) is 4.87. The number of nitrogens with zero attached hydrogens (tertiary/aromatic N) is 3. The van der Waals surface area contributed by atoms with Crippen LogP contribution in [0.5, 0.6) is 5.75 Å². The van der Waals surface area contributed by atoms with Crippen molar-refractivity contribution in [3.05, 3.63) is 72.1 Å². The van der Waals surface area contributed by atoms with E-state index in [-0.39, 0.29) is 0 Å². The molecule has 4 heteroatoms. The Balaban J connectivity index is 2.05. The molecule has 0 amide bonds. The summed E-state index contributed by atoms with van der Waals surface area (Å²) in [5.74, 6) is 0.841. The highest BCUT2D eigenvalue weighted by molar-refractivity contribution is 5.90. The van der Waals surface area contributed by atoms with Gasteiger partial charge >= 0.3 is 0 Å². The number of methoxy groups -OCH3 is 1. The van der Waals surface area contributed by atoms with E-state index in [4.69, 9.17) is 14.8 Å². The topological polar surface area (TPSA) is 39.4 Å². The first-order chi connectivity index (χ1) is 13.2. The Labute approximate surface area is 159 Å². The summed E-state index contributed by atoms with van der Waals surface area (Å²) in [6.45, 7) is 4.30. The van der Waals surface area contributed by atoms with Crippen molar-refractivity contribution in [3.8, 4) is 28.1 Å². The maximum atomic E-state index is 5.33. The van der Waals surface area contributed by atoms with E-state index in [0.29, 0.717) is 0 Å². The number of rotatable bonds is 5. The van der Waals surface area contributed by atoms with E-state index in [1.165, 1.54) is 5.69 Å². The minimum atomic E-state index is 0.841. The number of aryl methyl sites for hydroxylation is 2. The number of aromatic nitrogens is 3. The Bertz CT molecular complexity index is 1070. The van der Waals surface area contributed by atoms with Crippen LogP contribution in [0.4, 0.5) is 0 Å². The van der Waals surface area contributed by atoms with E-state index in [9.17, 15) is 0 Å². The van der Waals surface area contributed by atoms with Crippen LogP contribution in [0.3, 0.4) is 0 Å². The van der Waals surface area contributed by atoms with Gasteiger partial charge in [-0.25, -0.2) is 9.50 Å². The van der Waals surface area contributed by atoms with Crippen LogP contribution in [0.1, 0.15) is 25.2 Å². The molecule has 0 N–H and O–H groups in total. The van der Waals surface area contributed by atoms with Crippen LogP contribution in [-0.2, 0) is 12.8 Å². The zero-order chi connectivity index (χ0) is 18.8. The molecule has 0 saturated carbocycles. The molecule has 4 aromatic rings. The van der Waals surface area contributed by atoms with Crippen molar-refractivity contribution in [2.24, 2.45) is 0 Å². The number of benzene rings is 2. The van der Waals surface area contributed by atoms with Crippen LogP contribution in [0.25, 0.3) is 28.0 Å². The standard InChI is InChI=1S/C23H23N3O/c1-4-18-15-19(5-2)26-23(24-18)21(16-11-13-20(27-3)14-12-16)22(25-26)17-9-7-6-8-10-17/h6-15H,4-5H2,1-3H3. The number of ether oxygens (including phenoxy) is 1. The second kappa shape index (κ2) is 7.23. The lowest BCUT2D eigenvalue weighted by atomic mass is 10.0. The van der Waals surface area contributed by atoms with Gasteiger partial charge in [-0.15, -0.1) is 0 Å². The highest BCUT2D eigenvalue weighted by atomic mass is 16.5. The first-order valence-electron chi connectivity index (χ1n) is 9.36. The third kappa shape index (κ3) is 3.08.